The van der Waals surface area contributed by atoms with Crippen LogP contribution < -0.4 is 0 Å². The average molecular weight is 192 g/mol. The van der Waals surface area contributed by atoms with E-state index in [0.29, 0.717) is 24.7 Å². The lowest BCUT2D eigenvalue weighted by atomic mass is 10.8. The van der Waals surface area contributed by atoms with E-state index in [9.17, 15) is 4.79 Å². The van der Waals surface area contributed by atoms with Crippen molar-refractivity contribution in [2.45, 2.75) is 6.29 Å². The predicted molar refractivity (Wildman–Crippen MR) is 45.0 cm³/mol. The van der Waals surface area contributed by atoms with Gasteiger partial charge in [0, 0.05) is 5.75 Å². The molecule has 12 heavy (non-hydrogen) atoms. The van der Waals surface area contributed by atoms with Crippen LogP contribution in [-0.4, -0.2) is 44.1 Å². The van der Waals surface area contributed by atoms with Crippen molar-refractivity contribution in [3.63, 3.8) is 0 Å². The molecule has 70 valence electrons. The zero-order chi connectivity index (χ0) is 8.81. The summed E-state index contributed by atoms with van der Waals surface area (Å²) in [6.45, 7) is 1.31. The average Bonchev–Trinajstić information content (AvgIpc) is 2.57. The van der Waals surface area contributed by atoms with Crippen LogP contribution in [0, 0.1) is 0 Å². The molecule has 5 heteroatoms. The van der Waals surface area contributed by atoms with E-state index in [1.165, 1.54) is 18.9 Å². The predicted octanol–water partition coefficient (Wildman–Crippen LogP) is 0.265. The van der Waals surface area contributed by atoms with Crippen LogP contribution >= 0.6 is 11.8 Å². The van der Waals surface area contributed by atoms with E-state index in [1.807, 2.05) is 0 Å². The molecule has 1 aliphatic heterocycles. The molecule has 0 aliphatic carbocycles. The van der Waals surface area contributed by atoms with Crippen molar-refractivity contribution in [2.75, 3.05) is 31.8 Å². The van der Waals surface area contributed by atoms with Gasteiger partial charge in [0.05, 0.1) is 26.1 Å². The summed E-state index contributed by atoms with van der Waals surface area (Å²) in [5, 5.41) is 0. The molecule has 1 aliphatic rings. The molecule has 0 spiro atoms. The first kappa shape index (κ1) is 9.83. The minimum atomic E-state index is -0.210. The number of carbonyl (C=O) groups is 1. The minimum Gasteiger partial charge on any atom is -0.468 e. The molecule has 0 N–H and O–H groups in total. The van der Waals surface area contributed by atoms with E-state index in [1.54, 1.807) is 0 Å². The summed E-state index contributed by atoms with van der Waals surface area (Å²) in [5.41, 5.74) is 0. The van der Waals surface area contributed by atoms with Crippen molar-refractivity contribution >= 4 is 17.7 Å². The number of rotatable bonds is 4. The maximum Gasteiger partial charge on any atom is 0.315 e. The summed E-state index contributed by atoms with van der Waals surface area (Å²) >= 11 is 1.46. The molecule has 4 nitrogen and oxygen atoms in total. The molecule has 0 unspecified atom stereocenters. The monoisotopic (exact) mass is 192 g/mol. The number of esters is 1. The van der Waals surface area contributed by atoms with Crippen molar-refractivity contribution in [3.05, 3.63) is 0 Å². The minimum absolute atomic E-state index is 0.139. The lowest BCUT2D eigenvalue weighted by Crippen LogP contribution is -2.13. The van der Waals surface area contributed by atoms with E-state index >= 15 is 0 Å². The molecule has 1 fully saturated rings. The maximum atomic E-state index is 10.7. The van der Waals surface area contributed by atoms with Crippen LogP contribution in [0.1, 0.15) is 0 Å². The standard InChI is InChI=1S/C7H12O4S/c1-9-6(8)4-12-5-7-10-2-3-11-7/h7H,2-5H2,1H3. The van der Waals surface area contributed by atoms with Crippen LogP contribution in [0.2, 0.25) is 0 Å². The maximum absolute atomic E-state index is 10.7. The molecule has 1 rings (SSSR count). The Morgan fingerprint density at radius 1 is 1.58 bits per heavy atom. The van der Waals surface area contributed by atoms with Crippen molar-refractivity contribution < 1.29 is 19.0 Å². The summed E-state index contributed by atoms with van der Waals surface area (Å²) in [5.74, 6) is 0.840. The van der Waals surface area contributed by atoms with Crippen LogP contribution in [-0.2, 0) is 19.0 Å². The van der Waals surface area contributed by atoms with Gasteiger partial charge in [-0.3, -0.25) is 4.79 Å². The Balaban J connectivity index is 1.97. The number of hydrogen-bond acceptors (Lipinski definition) is 5. The van der Waals surface area contributed by atoms with Gasteiger partial charge in [0.25, 0.3) is 0 Å². The molecule has 0 saturated carbocycles. The van der Waals surface area contributed by atoms with Gasteiger partial charge >= 0.3 is 5.97 Å². The zero-order valence-electron chi connectivity index (χ0n) is 6.95. The van der Waals surface area contributed by atoms with Crippen molar-refractivity contribution in [3.8, 4) is 0 Å². The molecule has 0 aromatic carbocycles. The molecule has 0 amide bonds. The first-order chi connectivity index (χ1) is 5.83. The fourth-order valence-corrected chi connectivity index (χ4v) is 1.59. The highest BCUT2D eigenvalue weighted by atomic mass is 32.2. The summed E-state index contributed by atoms with van der Waals surface area (Å²) in [6.07, 6.45) is -0.139. The van der Waals surface area contributed by atoms with Gasteiger partial charge in [-0.15, -0.1) is 11.8 Å². The molecule has 0 aromatic heterocycles. The fourth-order valence-electron chi connectivity index (χ4n) is 0.801. The van der Waals surface area contributed by atoms with Gasteiger partial charge in [0.15, 0.2) is 6.29 Å². The lowest BCUT2D eigenvalue weighted by molar-refractivity contribution is -0.137. The Morgan fingerprint density at radius 2 is 2.25 bits per heavy atom. The second-order valence-electron chi connectivity index (χ2n) is 2.26. The van der Waals surface area contributed by atoms with Gasteiger partial charge in [0.1, 0.15) is 0 Å². The quantitative estimate of drug-likeness (QED) is 0.598. The topological polar surface area (TPSA) is 44.8 Å². The summed E-state index contributed by atoms with van der Waals surface area (Å²) in [4.78, 5) is 10.7. The molecule has 1 saturated heterocycles. The molecule has 1 heterocycles. The highest BCUT2D eigenvalue weighted by Gasteiger charge is 2.15. The highest BCUT2D eigenvalue weighted by molar-refractivity contribution is 7.99. The number of hydrogen-bond donors (Lipinski definition) is 0. The smallest absolute Gasteiger partial charge is 0.315 e. The molecule has 0 aromatic rings. The van der Waals surface area contributed by atoms with Gasteiger partial charge in [-0.1, -0.05) is 0 Å². The van der Waals surface area contributed by atoms with Crippen molar-refractivity contribution in [1.29, 1.82) is 0 Å². The Morgan fingerprint density at radius 3 is 2.83 bits per heavy atom. The van der Waals surface area contributed by atoms with Crippen LogP contribution in [0.15, 0.2) is 0 Å². The molecule has 0 radical (unpaired) electrons. The first-order valence-electron chi connectivity index (χ1n) is 3.70. The van der Waals surface area contributed by atoms with E-state index in [0.717, 1.165) is 0 Å². The molecule has 0 bridgehead atoms. The Bertz CT molecular complexity index is 144. The second-order valence-corrected chi connectivity index (χ2v) is 3.29. The summed E-state index contributed by atoms with van der Waals surface area (Å²) < 4.78 is 14.8. The van der Waals surface area contributed by atoms with Gasteiger partial charge in [0.2, 0.25) is 0 Å². The van der Waals surface area contributed by atoms with Crippen LogP contribution in [0.5, 0.6) is 0 Å². The van der Waals surface area contributed by atoms with Crippen molar-refractivity contribution in [1.82, 2.24) is 0 Å². The molecular weight excluding hydrogens is 180 g/mol. The van der Waals surface area contributed by atoms with E-state index in [2.05, 4.69) is 4.74 Å². The normalized spacial score (nSPS) is 18.1. The first-order valence-corrected chi connectivity index (χ1v) is 4.86. The SMILES string of the molecule is COC(=O)CSCC1OCCO1. The third-order valence-corrected chi connectivity index (χ3v) is 2.34. The summed E-state index contributed by atoms with van der Waals surface area (Å²) in [7, 11) is 1.38. The van der Waals surface area contributed by atoms with E-state index in [-0.39, 0.29) is 12.3 Å². The van der Waals surface area contributed by atoms with Crippen LogP contribution in [0.4, 0.5) is 0 Å². The molecular formula is C7H12O4S. The number of ether oxygens (including phenoxy) is 3. The molecule has 0 atom stereocenters. The highest BCUT2D eigenvalue weighted by Crippen LogP contribution is 2.11. The Hall–Kier alpha value is -0.260. The van der Waals surface area contributed by atoms with Gasteiger partial charge in [-0.2, -0.15) is 0 Å². The largest absolute Gasteiger partial charge is 0.468 e. The van der Waals surface area contributed by atoms with Crippen molar-refractivity contribution in [2.24, 2.45) is 0 Å². The van der Waals surface area contributed by atoms with Crippen LogP contribution in [0.3, 0.4) is 0 Å². The van der Waals surface area contributed by atoms with E-state index < -0.39 is 0 Å². The summed E-state index contributed by atoms with van der Waals surface area (Å²) in [6, 6.07) is 0. The van der Waals surface area contributed by atoms with Gasteiger partial charge in [-0.05, 0) is 0 Å². The van der Waals surface area contributed by atoms with E-state index in [4.69, 9.17) is 9.47 Å². The third kappa shape index (κ3) is 3.42. The number of methoxy groups -OCH3 is 1. The van der Waals surface area contributed by atoms with Gasteiger partial charge < -0.3 is 14.2 Å². The fraction of sp³-hybridized carbons (Fsp3) is 0.857. The van der Waals surface area contributed by atoms with Gasteiger partial charge in [-0.25, -0.2) is 0 Å². The number of thioether (sulfide) groups is 1. The Kier molecular flexibility index (Phi) is 4.42. The number of carbonyl (C=O) groups excluding carboxylic acids is 1. The Labute approximate surface area is 75.5 Å². The zero-order valence-corrected chi connectivity index (χ0v) is 7.76. The lowest BCUT2D eigenvalue weighted by Gasteiger charge is -2.06. The van der Waals surface area contributed by atoms with Crippen LogP contribution in [0.25, 0.3) is 0 Å². The third-order valence-electron chi connectivity index (χ3n) is 1.39. The second kappa shape index (κ2) is 5.40.